The molecule has 1 aromatic rings. The molecule has 0 unspecified atom stereocenters. The Balaban J connectivity index is 2.07. The van der Waals surface area contributed by atoms with Gasteiger partial charge in [0.2, 0.25) is 9.84 Å². The first kappa shape index (κ1) is 12.3. The number of sulfone groups is 1. The van der Waals surface area contributed by atoms with Crippen molar-refractivity contribution in [2.45, 2.75) is 17.7 Å². The molecular formula is C11H14FNO3S. The minimum Gasteiger partial charge on any atom is -0.398 e. The van der Waals surface area contributed by atoms with E-state index in [2.05, 4.69) is 0 Å². The van der Waals surface area contributed by atoms with Crippen LogP contribution >= 0.6 is 0 Å². The highest BCUT2D eigenvalue weighted by Crippen LogP contribution is 2.29. The molecule has 17 heavy (non-hydrogen) atoms. The number of rotatable bonds is 5. The van der Waals surface area contributed by atoms with Crippen LogP contribution in [-0.4, -0.2) is 21.0 Å². The Labute approximate surface area is 99.5 Å². The van der Waals surface area contributed by atoms with Crippen LogP contribution in [0.15, 0.2) is 23.1 Å². The molecule has 1 fully saturated rings. The van der Waals surface area contributed by atoms with Gasteiger partial charge >= 0.3 is 0 Å². The predicted octanol–water partition coefficient (Wildman–Crippen LogP) is 1.57. The van der Waals surface area contributed by atoms with Crippen LogP contribution in [0.3, 0.4) is 0 Å². The first-order chi connectivity index (χ1) is 7.99. The van der Waals surface area contributed by atoms with Gasteiger partial charge in [-0.15, -0.1) is 0 Å². The molecule has 0 aliphatic heterocycles. The van der Waals surface area contributed by atoms with Gasteiger partial charge in [-0.1, -0.05) is 0 Å². The first-order valence-electron chi connectivity index (χ1n) is 5.34. The Morgan fingerprint density at radius 1 is 1.41 bits per heavy atom. The van der Waals surface area contributed by atoms with Gasteiger partial charge in [0.15, 0.2) is 5.94 Å². The molecule has 0 heterocycles. The fraction of sp³-hybridized carbons (Fsp3) is 0.455. The van der Waals surface area contributed by atoms with Gasteiger partial charge in [0.1, 0.15) is 5.82 Å². The first-order valence-corrected chi connectivity index (χ1v) is 7.00. The van der Waals surface area contributed by atoms with Crippen LogP contribution < -0.4 is 5.73 Å². The summed E-state index contributed by atoms with van der Waals surface area (Å²) in [5.74, 6) is -0.463. The summed E-state index contributed by atoms with van der Waals surface area (Å²) in [6, 6.07) is 3.23. The van der Waals surface area contributed by atoms with E-state index in [0.717, 1.165) is 25.0 Å². The second kappa shape index (κ2) is 4.62. The van der Waals surface area contributed by atoms with Gasteiger partial charge in [-0.05, 0) is 37.0 Å². The van der Waals surface area contributed by atoms with Gasteiger partial charge in [0.05, 0.1) is 17.2 Å². The quantitative estimate of drug-likeness (QED) is 0.643. The van der Waals surface area contributed by atoms with Gasteiger partial charge in [-0.25, -0.2) is 12.8 Å². The normalized spacial score (nSPS) is 16.1. The third-order valence-corrected chi connectivity index (χ3v) is 4.11. The van der Waals surface area contributed by atoms with Gasteiger partial charge in [-0.3, -0.25) is 0 Å². The molecule has 0 atom stereocenters. The molecule has 6 heteroatoms. The fourth-order valence-electron chi connectivity index (χ4n) is 1.48. The minimum atomic E-state index is -3.59. The topological polar surface area (TPSA) is 69.4 Å². The molecule has 2 rings (SSSR count). The molecule has 1 aliphatic carbocycles. The largest absolute Gasteiger partial charge is 0.398 e. The van der Waals surface area contributed by atoms with Crippen molar-refractivity contribution in [1.82, 2.24) is 0 Å². The molecule has 0 bridgehead atoms. The molecule has 0 radical (unpaired) electrons. The third kappa shape index (κ3) is 3.17. The van der Waals surface area contributed by atoms with Crippen molar-refractivity contribution in [2.24, 2.45) is 5.92 Å². The van der Waals surface area contributed by atoms with E-state index in [-0.39, 0.29) is 10.6 Å². The Kier molecular flexibility index (Phi) is 3.35. The van der Waals surface area contributed by atoms with Crippen LogP contribution in [0.5, 0.6) is 0 Å². The number of hydrogen-bond donors (Lipinski definition) is 1. The second-order valence-corrected chi connectivity index (χ2v) is 6.13. The average molecular weight is 259 g/mol. The van der Waals surface area contributed by atoms with E-state index in [1.807, 2.05) is 0 Å². The van der Waals surface area contributed by atoms with Crippen molar-refractivity contribution < 1.29 is 17.5 Å². The molecule has 2 N–H and O–H groups in total. The number of nitrogen functional groups attached to an aromatic ring is 1. The summed E-state index contributed by atoms with van der Waals surface area (Å²) >= 11 is 0. The minimum absolute atomic E-state index is 0.0744. The molecule has 0 amide bonds. The zero-order chi connectivity index (χ0) is 12.5. The van der Waals surface area contributed by atoms with Gasteiger partial charge in [0, 0.05) is 0 Å². The number of halogens is 1. The van der Waals surface area contributed by atoms with E-state index in [9.17, 15) is 12.8 Å². The summed E-state index contributed by atoms with van der Waals surface area (Å²) in [6.07, 6.45) is 2.19. The number of ether oxygens (including phenoxy) is 1. The highest BCUT2D eigenvalue weighted by molar-refractivity contribution is 7.91. The lowest BCUT2D eigenvalue weighted by molar-refractivity contribution is 0.165. The summed E-state index contributed by atoms with van der Waals surface area (Å²) in [5.41, 5.74) is 5.39. The van der Waals surface area contributed by atoms with Crippen molar-refractivity contribution in [3.05, 3.63) is 24.0 Å². The molecule has 94 valence electrons. The summed E-state index contributed by atoms with van der Waals surface area (Å²) in [6.45, 7) is 0.459. The van der Waals surface area contributed by atoms with Crippen molar-refractivity contribution >= 4 is 15.5 Å². The van der Waals surface area contributed by atoms with Crippen LogP contribution in [0.1, 0.15) is 12.8 Å². The zero-order valence-corrected chi connectivity index (χ0v) is 10.0. The van der Waals surface area contributed by atoms with Crippen molar-refractivity contribution in [1.29, 1.82) is 0 Å². The molecular weight excluding hydrogens is 245 g/mol. The van der Waals surface area contributed by atoms with Crippen LogP contribution in [-0.2, 0) is 14.6 Å². The molecule has 4 nitrogen and oxygen atoms in total. The van der Waals surface area contributed by atoms with Gasteiger partial charge in [0.25, 0.3) is 0 Å². The fourth-order valence-corrected chi connectivity index (χ4v) is 2.61. The third-order valence-electron chi connectivity index (χ3n) is 2.60. The Morgan fingerprint density at radius 2 is 2.12 bits per heavy atom. The predicted molar refractivity (Wildman–Crippen MR) is 61.5 cm³/mol. The number of anilines is 1. The smallest absolute Gasteiger partial charge is 0.204 e. The lowest BCUT2D eigenvalue weighted by Crippen LogP contribution is -2.13. The number of benzene rings is 1. The number of nitrogens with two attached hydrogens (primary N) is 1. The molecule has 0 aromatic heterocycles. The van der Waals surface area contributed by atoms with Crippen LogP contribution in [0, 0.1) is 11.7 Å². The summed E-state index contributed by atoms with van der Waals surface area (Å²) in [4.78, 5) is -0.0744. The van der Waals surface area contributed by atoms with Crippen molar-refractivity contribution in [2.75, 3.05) is 18.3 Å². The number of hydrogen-bond acceptors (Lipinski definition) is 4. The standard InChI is InChI=1S/C11H14FNO3S/c12-9-3-4-11(10(13)5-9)17(14,15)7-16-6-8-1-2-8/h3-5,8H,1-2,6-7,13H2. The monoisotopic (exact) mass is 259 g/mol. The van der Waals surface area contributed by atoms with E-state index in [1.54, 1.807) is 0 Å². The van der Waals surface area contributed by atoms with E-state index >= 15 is 0 Å². The van der Waals surface area contributed by atoms with Gasteiger partial charge < -0.3 is 10.5 Å². The van der Waals surface area contributed by atoms with E-state index in [0.29, 0.717) is 12.5 Å². The SMILES string of the molecule is Nc1cc(F)ccc1S(=O)(=O)COCC1CC1. The van der Waals surface area contributed by atoms with Crippen LogP contribution in [0.2, 0.25) is 0 Å². The van der Waals surface area contributed by atoms with Gasteiger partial charge in [-0.2, -0.15) is 0 Å². The van der Waals surface area contributed by atoms with Crippen molar-refractivity contribution in [3.63, 3.8) is 0 Å². The zero-order valence-electron chi connectivity index (χ0n) is 9.23. The maximum atomic E-state index is 12.8. The highest BCUT2D eigenvalue weighted by Gasteiger charge is 2.24. The lowest BCUT2D eigenvalue weighted by atomic mass is 10.3. The average Bonchev–Trinajstić information content (AvgIpc) is 3.00. The van der Waals surface area contributed by atoms with E-state index in [1.165, 1.54) is 6.07 Å². The molecule has 0 saturated heterocycles. The maximum Gasteiger partial charge on any atom is 0.204 e. The second-order valence-electron chi connectivity index (χ2n) is 4.23. The molecule has 1 aliphatic rings. The Morgan fingerprint density at radius 3 is 2.71 bits per heavy atom. The molecule has 0 spiro atoms. The van der Waals surface area contributed by atoms with Crippen molar-refractivity contribution in [3.8, 4) is 0 Å². The summed E-state index contributed by atoms with van der Waals surface area (Å²) in [7, 11) is -3.59. The van der Waals surface area contributed by atoms with Crippen LogP contribution in [0.25, 0.3) is 0 Å². The van der Waals surface area contributed by atoms with Crippen LogP contribution in [0.4, 0.5) is 10.1 Å². The maximum absolute atomic E-state index is 12.8. The lowest BCUT2D eigenvalue weighted by Gasteiger charge is -2.08. The summed E-state index contributed by atoms with van der Waals surface area (Å²) in [5, 5.41) is 0. The van der Waals surface area contributed by atoms with E-state index in [4.69, 9.17) is 10.5 Å². The molecule has 1 saturated carbocycles. The summed E-state index contributed by atoms with van der Waals surface area (Å²) < 4.78 is 41.6. The van der Waals surface area contributed by atoms with E-state index < -0.39 is 21.6 Å². The highest BCUT2D eigenvalue weighted by atomic mass is 32.2. The Bertz CT molecular complexity index is 511. The molecule has 1 aromatic carbocycles. The Hall–Kier alpha value is -1.14.